The number of nitrogens with one attached hydrogen (secondary N) is 1. The molecular formula is C14H30N2O. The molecule has 0 aliphatic carbocycles. The summed E-state index contributed by atoms with van der Waals surface area (Å²) in [5.74, 6) is 0.720. The first-order valence-electron chi connectivity index (χ1n) is 7.16. The van der Waals surface area contributed by atoms with Crippen LogP contribution in [0.1, 0.15) is 40.5 Å². The maximum absolute atomic E-state index is 5.99. The number of hydrogen-bond acceptors (Lipinski definition) is 3. The number of likely N-dealkylation sites (N-methyl/N-ethyl adjacent to an activating group) is 1. The van der Waals surface area contributed by atoms with Crippen LogP contribution in [-0.2, 0) is 4.74 Å². The molecule has 1 fully saturated rings. The van der Waals surface area contributed by atoms with Gasteiger partial charge in [0.15, 0.2) is 0 Å². The lowest BCUT2D eigenvalue weighted by Gasteiger charge is -2.41. The van der Waals surface area contributed by atoms with E-state index in [1.807, 2.05) is 0 Å². The molecule has 17 heavy (non-hydrogen) atoms. The van der Waals surface area contributed by atoms with E-state index in [1.54, 1.807) is 0 Å². The third-order valence-corrected chi connectivity index (χ3v) is 4.15. The maximum Gasteiger partial charge on any atom is 0.0857 e. The van der Waals surface area contributed by atoms with Crippen LogP contribution < -0.4 is 5.32 Å². The predicted octanol–water partition coefficient (Wildman–Crippen LogP) is 2.12. The fraction of sp³-hybridized carbons (Fsp3) is 1.00. The van der Waals surface area contributed by atoms with Gasteiger partial charge in [0, 0.05) is 25.2 Å². The van der Waals surface area contributed by atoms with Crippen LogP contribution in [0.15, 0.2) is 0 Å². The first-order valence-corrected chi connectivity index (χ1v) is 7.16. The summed E-state index contributed by atoms with van der Waals surface area (Å²) in [5, 5.41) is 3.48. The van der Waals surface area contributed by atoms with Crippen LogP contribution in [0, 0.1) is 5.92 Å². The molecule has 2 unspecified atom stereocenters. The van der Waals surface area contributed by atoms with Crippen LogP contribution in [-0.4, -0.2) is 49.8 Å². The molecule has 3 heteroatoms. The molecule has 3 nitrogen and oxygen atoms in total. The monoisotopic (exact) mass is 242 g/mol. The molecule has 1 N–H and O–H groups in total. The highest BCUT2D eigenvalue weighted by molar-refractivity contribution is 4.87. The van der Waals surface area contributed by atoms with Gasteiger partial charge in [0.2, 0.25) is 0 Å². The van der Waals surface area contributed by atoms with Crippen molar-refractivity contribution >= 4 is 0 Å². The zero-order valence-electron chi connectivity index (χ0n) is 12.2. The van der Waals surface area contributed by atoms with Gasteiger partial charge < -0.3 is 10.1 Å². The molecule has 2 atom stereocenters. The van der Waals surface area contributed by atoms with Gasteiger partial charge in [-0.2, -0.15) is 0 Å². The lowest BCUT2D eigenvalue weighted by molar-refractivity contribution is -0.0641. The molecule has 0 amide bonds. The van der Waals surface area contributed by atoms with Crippen molar-refractivity contribution < 1.29 is 4.74 Å². The Hall–Kier alpha value is -0.120. The molecule has 0 aromatic heterocycles. The van der Waals surface area contributed by atoms with Gasteiger partial charge in [0.1, 0.15) is 0 Å². The highest BCUT2D eigenvalue weighted by atomic mass is 16.5. The van der Waals surface area contributed by atoms with Crippen LogP contribution >= 0.6 is 0 Å². The molecule has 0 aromatic carbocycles. The van der Waals surface area contributed by atoms with Crippen molar-refractivity contribution in [3.8, 4) is 0 Å². The Balaban J connectivity index is 2.61. The Labute approximate surface area is 107 Å². The van der Waals surface area contributed by atoms with E-state index in [1.165, 1.54) is 12.8 Å². The third-order valence-electron chi connectivity index (χ3n) is 4.15. The molecule has 1 saturated heterocycles. The second-order valence-electron chi connectivity index (χ2n) is 5.39. The molecule has 0 radical (unpaired) electrons. The zero-order valence-corrected chi connectivity index (χ0v) is 12.2. The number of hydrogen-bond donors (Lipinski definition) is 1. The van der Waals surface area contributed by atoms with Crippen molar-refractivity contribution in [3.63, 3.8) is 0 Å². The normalized spacial score (nSPS) is 24.5. The zero-order chi connectivity index (χ0) is 12.8. The number of nitrogens with zero attached hydrogens (tertiary/aromatic N) is 1. The van der Waals surface area contributed by atoms with Gasteiger partial charge in [0.25, 0.3) is 0 Å². The average Bonchev–Trinajstić information content (AvgIpc) is 2.35. The minimum atomic E-state index is 0.348. The number of morpholine rings is 1. The van der Waals surface area contributed by atoms with Crippen molar-refractivity contribution in [2.75, 3.05) is 26.7 Å². The van der Waals surface area contributed by atoms with Crippen molar-refractivity contribution in [2.24, 2.45) is 5.92 Å². The second-order valence-corrected chi connectivity index (χ2v) is 5.39. The SMILES string of the molecule is CCC(CC)C(NC)C1CN(C(C)C)CCO1. The Morgan fingerprint density at radius 2 is 1.94 bits per heavy atom. The van der Waals surface area contributed by atoms with E-state index in [4.69, 9.17) is 4.74 Å². The van der Waals surface area contributed by atoms with E-state index in [9.17, 15) is 0 Å². The van der Waals surface area contributed by atoms with E-state index < -0.39 is 0 Å². The number of rotatable bonds is 6. The molecule has 0 spiro atoms. The van der Waals surface area contributed by atoms with Crippen LogP contribution in [0.3, 0.4) is 0 Å². The van der Waals surface area contributed by atoms with Crippen LogP contribution in [0.2, 0.25) is 0 Å². The lowest BCUT2D eigenvalue weighted by Crippen LogP contribution is -2.55. The van der Waals surface area contributed by atoms with Crippen molar-refractivity contribution in [3.05, 3.63) is 0 Å². The fourth-order valence-corrected chi connectivity index (χ4v) is 2.90. The molecule has 0 bridgehead atoms. The molecule has 1 heterocycles. The largest absolute Gasteiger partial charge is 0.374 e. The fourth-order valence-electron chi connectivity index (χ4n) is 2.90. The third kappa shape index (κ3) is 3.94. The molecule has 1 rings (SSSR count). The van der Waals surface area contributed by atoms with Gasteiger partial charge in [-0.05, 0) is 26.8 Å². The van der Waals surface area contributed by atoms with Gasteiger partial charge in [-0.1, -0.05) is 26.7 Å². The highest BCUT2D eigenvalue weighted by Crippen LogP contribution is 2.21. The van der Waals surface area contributed by atoms with Crippen LogP contribution in [0.5, 0.6) is 0 Å². The van der Waals surface area contributed by atoms with Gasteiger partial charge in [-0.25, -0.2) is 0 Å². The summed E-state index contributed by atoms with van der Waals surface area (Å²) < 4.78 is 5.99. The Bertz CT molecular complexity index is 204. The smallest absolute Gasteiger partial charge is 0.0857 e. The Morgan fingerprint density at radius 3 is 2.41 bits per heavy atom. The molecular weight excluding hydrogens is 212 g/mol. The first kappa shape index (κ1) is 14.9. The summed E-state index contributed by atoms with van der Waals surface area (Å²) in [5.41, 5.74) is 0. The predicted molar refractivity (Wildman–Crippen MR) is 73.4 cm³/mol. The minimum absolute atomic E-state index is 0.348. The summed E-state index contributed by atoms with van der Waals surface area (Å²) in [6, 6.07) is 1.12. The minimum Gasteiger partial charge on any atom is -0.374 e. The molecule has 102 valence electrons. The average molecular weight is 242 g/mol. The van der Waals surface area contributed by atoms with Gasteiger partial charge in [-0.3, -0.25) is 4.90 Å². The molecule has 0 aromatic rings. The van der Waals surface area contributed by atoms with Gasteiger partial charge in [0.05, 0.1) is 12.7 Å². The van der Waals surface area contributed by atoms with E-state index in [0.717, 1.165) is 25.6 Å². The Morgan fingerprint density at radius 1 is 1.29 bits per heavy atom. The summed E-state index contributed by atoms with van der Waals surface area (Å²) in [6.45, 7) is 12.1. The topological polar surface area (TPSA) is 24.5 Å². The maximum atomic E-state index is 5.99. The van der Waals surface area contributed by atoms with Crippen LogP contribution in [0.25, 0.3) is 0 Å². The highest BCUT2D eigenvalue weighted by Gasteiger charge is 2.31. The van der Waals surface area contributed by atoms with Crippen molar-refractivity contribution in [1.82, 2.24) is 10.2 Å². The van der Waals surface area contributed by atoms with E-state index in [2.05, 4.69) is 45.0 Å². The summed E-state index contributed by atoms with van der Waals surface area (Å²) in [4.78, 5) is 2.53. The Kier molecular flexibility index (Phi) is 6.45. The first-order chi connectivity index (χ1) is 8.13. The molecule has 1 aliphatic heterocycles. The second kappa shape index (κ2) is 7.34. The van der Waals surface area contributed by atoms with Gasteiger partial charge >= 0.3 is 0 Å². The summed E-state index contributed by atoms with van der Waals surface area (Å²) >= 11 is 0. The van der Waals surface area contributed by atoms with Gasteiger partial charge in [-0.15, -0.1) is 0 Å². The van der Waals surface area contributed by atoms with E-state index in [-0.39, 0.29) is 0 Å². The standard InChI is InChI=1S/C14H30N2O/c1-6-12(7-2)14(15-5)13-10-16(11(3)4)8-9-17-13/h11-15H,6-10H2,1-5H3. The quantitative estimate of drug-likeness (QED) is 0.772. The molecule has 0 saturated carbocycles. The number of ether oxygens (including phenoxy) is 1. The van der Waals surface area contributed by atoms with Crippen molar-refractivity contribution in [1.29, 1.82) is 0 Å². The van der Waals surface area contributed by atoms with Crippen molar-refractivity contribution in [2.45, 2.75) is 58.7 Å². The lowest BCUT2D eigenvalue weighted by atomic mass is 9.89. The summed E-state index contributed by atoms with van der Waals surface area (Å²) in [7, 11) is 2.07. The van der Waals surface area contributed by atoms with E-state index in [0.29, 0.717) is 18.2 Å². The van der Waals surface area contributed by atoms with E-state index >= 15 is 0 Å². The summed E-state index contributed by atoms with van der Waals surface area (Å²) in [6.07, 6.45) is 2.80. The molecule has 1 aliphatic rings. The van der Waals surface area contributed by atoms with Crippen LogP contribution in [0.4, 0.5) is 0 Å².